The lowest BCUT2D eigenvalue weighted by Crippen LogP contribution is -2.33. The van der Waals surface area contributed by atoms with Gasteiger partial charge in [0.1, 0.15) is 11.5 Å². The number of benzene rings is 3. The Morgan fingerprint density at radius 3 is 2.19 bits per heavy atom. The predicted octanol–water partition coefficient (Wildman–Crippen LogP) is 5.41. The van der Waals surface area contributed by atoms with Gasteiger partial charge in [-0.25, -0.2) is 9.59 Å². The van der Waals surface area contributed by atoms with Crippen LogP contribution in [-0.4, -0.2) is 29.6 Å². The molecule has 0 saturated heterocycles. The molecule has 0 aliphatic carbocycles. The van der Waals surface area contributed by atoms with Crippen LogP contribution in [-0.2, 0) is 11.2 Å². The number of aryl methyl sites for hydroxylation is 1. The summed E-state index contributed by atoms with van der Waals surface area (Å²) in [7, 11) is 0. The quantitative estimate of drug-likeness (QED) is 0.108. The van der Waals surface area contributed by atoms with Gasteiger partial charge in [0.15, 0.2) is 0 Å². The molecular formula is C26H22F4N2O5. The predicted molar refractivity (Wildman–Crippen MR) is 129 cm³/mol. The number of hydrogen-bond acceptors (Lipinski definition) is 6. The first-order valence-electron chi connectivity index (χ1n) is 10.8. The van der Waals surface area contributed by atoms with Gasteiger partial charge in [0.25, 0.3) is 0 Å². The molecule has 0 spiro atoms. The van der Waals surface area contributed by atoms with Gasteiger partial charge in [-0.3, -0.25) is 0 Å². The molecule has 0 fully saturated rings. The van der Waals surface area contributed by atoms with Crippen LogP contribution in [0.5, 0.6) is 11.5 Å². The third kappa shape index (κ3) is 7.23. The average molecular weight is 518 g/mol. The molecule has 7 nitrogen and oxygen atoms in total. The Kier molecular flexibility index (Phi) is 8.38. The number of nitrogens with two attached hydrogens (primary N) is 2. The van der Waals surface area contributed by atoms with E-state index in [4.69, 9.17) is 16.2 Å². The van der Waals surface area contributed by atoms with E-state index in [-0.39, 0.29) is 22.4 Å². The minimum absolute atomic E-state index is 0.0566. The molecule has 3 aromatic carbocycles. The molecule has 0 unspecified atom stereocenters. The molecule has 0 aliphatic rings. The number of esters is 1. The summed E-state index contributed by atoms with van der Waals surface area (Å²) in [5.74, 6) is -2.82. The molecule has 0 atom stereocenters. The number of carboxylic acid groups (broad SMARTS) is 1. The van der Waals surface area contributed by atoms with E-state index in [0.717, 1.165) is 29.8 Å². The molecule has 0 saturated carbocycles. The molecule has 0 heterocycles. The number of carboxylic acids is 1. The highest BCUT2D eigenvalue weighted by Crippen LogP contribution is 2.30. The Morgan fingerprint density at radius 1 is 0.973 bits per heavy atom. The third-order valence-corrected chi connectivity index (χ3v) is 5.03. The number of para-hydroxylation sites is 1. The summed E-state index contributed by atoms with van der Waals surface area (Å²) in [5.41, 5.74) is 13.3. The summed E-state index contributed by atoms with van der Waals surface area (Å²) in [6.07, 6.45) is -6.48. The second kappa shape index (κ2) is 11.5. The van der Waals surface area contributed by atoms with Gasteiger partial charge in [0, 0.05) is 16.9 Å². The lowest BCUT2D eigenvalue weighted by Gasteiger charge is -2.16. The van der Waals surface area contributed by atoms with Crippen molar-refractivity contribution in [3.05, 3.63) is 89.5 Å². The van der Waals surface area contributed by atoms with Crippen LogP contribution in [0.4, 0.5) is 28.9 Å². The van der Waals surface area contributed by atoms with Gasteiger partial charge >= 0.3 is 24.5 Å². The van der Waals surface area contributed by atoms with Crippen LogP contribution in [0.3, 0.4) is 0 Å². The Hall–Kier alpha value is -4.54. The minimum Gasteiger partial charge on any atom is -0.478 e. The number of nitrogen functional groups attached to an aromatic ring is 2. The first kappa shape index (κ1) is 27.1. The first-order chi connectivity index (χ1) is 17.5. The number of rotatable bonds is 10. The van der Waals surface area contributed by atoms with Crippen molar-refractivity contribution in [2.45, 2.75) is 25.4 Å². The second-order valence-electron chi connectivity index (χ2n) is 7.84. The van der Waals surface area contributed by atoms with E-state index in [0.29, 0.717) is 24.2 Å². The third-order valence-electron chi connectivity index (χ3n) is 5.03. The molecule has 0 bridgehead atoms. The number of aliphatic carboxylic acids is 1. The zero-order valence-electron chi connectivity index (χ0n) is 19.2. The van der Waals surface area contributed by atoms with E-state index in [2.05, 4.69) is 4.74 Å². The topological polar surface area (TPSA) is 125 Å². The largest absolute Gasteiger partial charge is 0.478 e. The number of carbonyl (C=O) groups is 2. The molecule has 0 aliphatic heterocycles. The Bertz CT molecular complexity index is 1290. The van der Waals surface area contributed by atoms with Gasteiger partial charge in [0.2, 0.25) is 0 Å². The van der Waals surface area contributed by atoms with Crippen molar-refractivity contribution in [2.75, 3.05) is 11.5 Å². The zero-order chi connectivity index (χ0) is 27.2. The van der Waals surface area contributed by atoms with E-state index in [9.17, 15) is 32.3 Å². The molecule has 0 radical (unpaired) electrons. The maximum Gasteiger partial charge on any atom is 0.461 e. The van der Waals surface area contributed by atoms with Crippen molar-refractivity contribution in [1.29, 1.82) is 0 Å². The number of halogens is 4. The van der Waals surface area contributed by atoms with Crippen molar-refractivity contribution in [1.82, 2.24) is 0 Å². The van der Waals surface area contributed by atoms with Crippen LogP contribution in [0.2, 0.25) is 0 Å². The molecule has 3 rings (SSSR count). The summed E-state index contributed by atoms with van der Waals surface area (Å²) in [5, 5.41) is 9.77. The van der Waals surface area contributed by atoms with Crippen LogP contribution < -0.4 is 20.9 Å². The summed E-state index contributed by atoms with van der Waals surface area (Å²) >= 11 is 0. The maximum absolute atomic E-state index is 13.1. The average Bonchev–Trinajstić information content (AvgIpc) is 2.82. The molecule has 5 N–H and O–H groups in total. The number of alkyl halides is 4. The maximum atomic E-state index is 13.1. The SMILES string of the molecule is Nc1cc(N)cc(CC/C=C(/C(=O)O)c2ccccc2OC(=O)c2ccc(OC(F)(F)C(F)F)cc2)c1. The van der Waals surface area contributed by atoms with Crippen molar-refractivity contribution in [2.24, 2.45) is 0 Å². The number of ether oxygens (including phenoxy) is 2. The van der Waals surface area contributed by atoms with Crippen LogP contribution in [0.25, 0.3) is 5.57 Å². The van der Waals surface area contributed by atoms with E-state index >= 15 is 0 Å². The Balaban J connectivity index is 1.77. The normalized spacial score (nSPS) is 11.9. The fraction of sp³-hybridized carbons (Fsp3) is 0.154. The molecule has 0 amide bonds. The summed E-state index contributed by atoms with van der Waals surface area (Å²) in [4.78, 5) is 24.6. The zero-order valence-corrected chi connectivity index (χ0v) is 19.2. The van der Waals surface area contributed by atoms with Crippen LogP contribution >= 0.6 is 0 Å². The highest BCUT2D eigenvalue weighted by atomic mass is 19.3. The Labute approximate surface area is 208 Å². The highest BCUT2D eigenvalue weighted by molar-refractivity contribution is 6.16. The number of anilines is 2. The summed E-state index contributed by atoms with van der Waals surface area (Å²) < 4.78 is 60.0. The van der Waals surface area contributed by atoms with Gasteiger partial charge in [-0.1, -0.05) is 24.3 Å². The monoisotopic (exact) mass is 518 g/mol. The molecular weight excluding hydrogens is 496 g/mol. The molecule has 37 heavy (non-hydrogen) atoms. The summed E-state index contributed by atoms with van der Waals surface area (Å²) in [6, 6.07) is 14.9. The minimum atomic E-state index is -4.69. The fourth-order valence-corrected chi connectivity index (χ4v) is 3.38. The van der Waals surface area contributed by atoms with Gasteiger partial charge in [0.05, 0.1) is 11.1 Å². The van der Waals surface area contributed by atoms with E-state index in [1.54, 1.807) is 24.3 Å². The van der Waals surface area contributed by atoms with Gasteiger partial charge in [-0.05, 0) is 66.9 Å². The molecule has 0 aromatic heterocycles. The van der Waals surface area contributed by atoms with Crippen LogP contribution in [0, 0.1) is 0 Å². The highest BCUT2D eigenvalue weighted by Gasteiger charge is 2.43. The van der Waals surface area contributed by atoms with Crippen molar-refractivity contribution in [3.8, 4) is 11.5 Å². The van der Waals surface area contributed by atoms with E-state index in [1.165, 1.54) is 24.3 Å². The molecule has 11 heteroatoms. The number of hydrogen-bond donors (Lipinski definition) is 3. The van der Waals surface area contributed by atoms with Gasteiger partial charge < -0.3 is 26.0 Å². The fourth-order valence-electron chi connectivity index (χ4n) is 3.38. The second-order valence-corrected chi connectivity index (χ2v) is 7.84. The van der Waals surface area contributed by atoms with Crippen LogP contribution in [0.15, 0.2) is 72.8 Å². The molecule has 3 aromatic rings. The number of allylic oxidation sites excluding steroid dienone is 1. The van der Waals surface area contributed by atoms with Gasteiger partial charge in [-0.2, -0.15) is 17.6 Å². The lowest BCUT2D eigenvalue weighted by molar-refractivity contribution is -0.253. The van der Waals surface area contributed by atoms with E-state index < -0.39 is 30.2 Å². The first-order valence-corrected chi connectivity index (χ1v) is 10.8. The standard InChI is InChI=1S/C26H22F4N2O5/c27-25(28)26(29,30)37-19-10-8-16(9-11-19)24(35)36-22-7-2-1-5-20(22)21(23(33)34)6-3-4-15-12-17(31)14-18(32)13-15/h1-2,5-14,25H,3-4,31-32H2,(H,33,34)/b21-6+. The molecule has 194 valence electrons. The number of carbonyl (C=O) groups excluding carboxylic acids is 1. The smallest absolute Gasteiger partial charge is 0.461 e. The summed E-state index contributed by atoms with van der Waals surface area (Å²) in [6.45, 7) is 0. The van der Waals surface area contributed by atoms with Gasteiger partial charge in [-0.15, -0.1) is 0 Å². The Morgan fingerprint density at radius 2 is 1.59 bits per heavy atom. The van der Waals surface area contributed by atoms with Crippen molar-refractivity contribution in [3.63, 3.8) is 0 Å². The van der Waals surface area contributed by atoms with Crippen molar-refractivity contribution < 1.29 is 41.7 Å². The lowest BCUT2D eigenvalue weighted by atomic mass is 10.0. The van der Waals surface area contributed by atoms with E-state index in [1.807, 2.05) is 0 Å². The van der Waals surface area contributed by atoms with Crippen LogP contribution in [0.1, 0.15) is 27.9 Å². The van der Waals surface area contributed by atoms with Crippen molar-refractivity contribution >= 4 is 28.9 Å².